The molecule has 0 aromatic heterocycles. The molecule has 0 saturated carbocycles. The van der Waals surface area contributed by atoms with E-state index >= 15 is 0 Å². The number of aldehydes is 1. The standard InChI is InChI=1S/C8H5Cl2NO2/c9-5-2-1-3-6(8(5)10)11-7(13)4-12/h1-4H,(H,11,13). The van der Waals surface area contributed by atoms with Gasteiger partial charge >= 0.3 is 0 Å². The Labute approximate surface area is 84.6 Å². The van der Waals surface area contributed by atoms with Crippen LogP contribution in [-0.4, -0.2) is 12.2 Å². The molecule has 1 N–H and O–H groups in total. The smallest absolute Gasteiger partial charge is 0.288 e. The van der Waals surface area contributed by atoms with E-state index < -0.39 is 5.91 Å². The number of rotatable bonds is 2. The lowest BCUT2D eigenvalue weighted by atomic mass is 10.3. The van der Waals surface area contributed by atoms with Gasteiger partial charge in [-0.15, -0.1) is 0 Å². The summed E-state index contributed by atoms with van der Waals surface area (Å²) in [4.78, 5) is 20.7. The topological polar surface area (TPSA) is 46.2 Å². The Morgan fingerprint density at radius 2 is 2.08 bits per heavy atom. The summed E-state index contributed by atoms with van der Waals surface area (Å²) < 4.78 is 0. The number of nitrogens with one attached hydrogen (secondary N) is 1. The van der Waals surface area contributed by atoms with Crippen LogP contribution in [0.15, 0.2) is 18.2 Å². The van der Waals surface area contributed by atoms with Crippen molar-refractivity contribution in [1.29, 1.82) is 0 Å². The van der Waals surface area contributed by atoms with Gasteiger partial charge in [0.2, 0.25) is 6.29 Å². The highest BCUT2D eigenvalue weighted by atomic mass is 35.5. The quantitative estimate of drug-likeness (QED) is 0.610. The molecule has 68 valence electrons. The molecule has 0 atom stereocenters. The first-order chi connectivity index (χ1) is 6.15. The lowest BCUT2D eigenvalue weighted by Crippen LogP contribution is -2.12. The molecule has 0 aliphatic heterocycles. The van der Waals surface area contributed by atoms with Gasteiger partial charge in [-0.05, 0) is 12.1 Å². The number of carbonyl (C=O) groups excluding carboxylic acids is 2. The predicted molar refractivity (Wildman–Crippen MR) is 51.2 cm³/mol. The fourth-order valence-electron chi connectivity index (χ4n) is 0.763. The number of halogens is 2. The number of hydrogen-bond acceptors (Lipinski definition) is 2. The molecule has 0 aliphatic carbocycles. The summed E-state index contributed by atoms with van der Waals surface area (Å²) in [6, 6.07) is 4.75. The number of benzene rings is 1. The van der Waals surface area contributed by atoms with Crippen LogP contribution in [0.2, 0.25) is 10.0 Å². The molecule has 1 amide bonds. The monoisotopic (exact) mass is 217 g/mol. The van der Waals surface area contributed by atoms with Crippen LogP contribution in [-0.2, 0) is 9.59 Å². The van der Waals surface area contributed by atoms with E-state index in [9.17, 15) is 9.59 Å². The Morgan fingerprint density at radius 3 is 2.69 bits per heavy atom. The fourth-order valence-corrected chi connectivity index (χ4v) is 1.11. The molecule has 1 aromatic carbocycles. The second-order valence-corrected chi connectivity index (χ2v) is 2.99. The normalized spacial score (nSPS) is 9.38. The van der Waals surface area contributed by atoms with E-state index in [-0.39, 0.29) is 11.3 Å². The van der Waals surface area contributed by atoms with Gasteiger partial charge in [0.15, 0.2) is 0 Å². The van der Waals surface area contributed by atoms with Crippen molar-refractivity contribution < 1.29 is 9.59 Å². The zero-order valence-corrected chi connectivity index (χ0v) is 7.89. The van der Waals surface area contributed by atoms with Gasteiger partial charge in [-0.3, -0.25) is 9.59 Å². The highest BCUT2D eigenvalue weighted by Crippen LogP contribution is 2.29. The van der Waals surface area contributed by atoms with Crippen molar-refractivity contribution in [3.63, 3.8) is 0 Å². The van der Waals surface area contributed by atoms with Crippen LogP contribution >= 0.6 is 23.2 Å². The minimum absolute atomic E-state index is 0.164. The Bertz CT molecular complexity index is 352. The van der Waals surface area contributed by atoms with E-state index in [1.165, 1.54) is 0 Å². The summed E-state index contributed by atoms with van der Waals surface area (Å²) in [5, 5.41) is 2.82. The molecule has 13 heavy (non-hydrogen) atoms. The molecule has 0 aliphatic rings. The zero-order chi connectivity index (χ0) is 9.84. The van der Waals surface area contributed by atoms with Gasteiger partial charge < -0.3 is 5.32 Å². The molecule has 0 bridgehead atoms. The van der Waals surface area contributed by atoms with Crippen LogP contribution in [0.25, 0.3) is 0 Å². The summed E-state index contributed by atoms with van der Waals surface area (Å²) >= 11 is 11.4. The van der Waals surface area contributed by atoms with Crippen molar-refractivity contribution in [2.75, 3.05) is 5.32 Å². The summed E-state index contributed by atoms with van der Waals surface area (Å²) in [6.45, 7) is 0. The van der Waals surface area contributed by atoms with Crippen molar-refractivity contribution >= 4 is 41.1 Å². The number of carbonyl (C=O) groups is 2. The highest BCUT2D eigenvalue weighted by molar-refractivity contribution is 6.44. The third kappa shape index (κ3) is 2.44. The summed E-state index contributed by atoms with van der Waals surface area (Å²) in [5.41, 5.74) is 0.325. The van der Waals surface area contributed by atoms with Crippen molar-refractivity contribution in [3.8, 4) is 0 Å². The van der Waals surface area contributed by atoms with E-state index in [1.54, 1.807) is 18.2 Å². The number of amides is 1. The first-order valence-corrected chi connectivity index (χ1v) is 4.11. The van der Waals surface area contributed by atoms with Crippen LogP contribution in [0.5, 0.6) is 0 Å². The summed E-state index contributed by atoms with van der Waals surface area (Å²) in [5.74, 6) is -0.760. The van der Waals surface area contributed by atoms with Gasteiger partial charge in [0.05, 0.1) is 15.7 Å². The molecular weight excluding hydrogens is 213 g/mol. The van der Waals surface area contributed by atoms with Crippen LogP contribution in [0.3, 0.4) is 0 Å². The van der Waals surface area contributed by atoms with Crippen LogP contribution in [0.1, 0.15) is 0 Å². The van der Waals surface area contributed by atoms with Gasteiger partial charge in [0, 0.05) is 0 Å². The molecule has 3 nitrogen and oxygen atoms in total. The molecular formula is C8H5Cl2NO2. The molecule has 5 heteroatoms. The van der Waals surface area contributed by atoms with E-state index in [0.29, 0.717) is 10.7 Å². The second-order valence-electron chi connectivity index (χ2n) is 2.21. The lowest BCUT2D eigenvalue weighted by molar-refractivity contribution is -0.127. The Morgan fingerprint density at radius 1 is 1.38 bits per heavy atom. The fraction of sp³-hybridized carbons (Fsp3) is 0. The van der Waals surface area contributed by atoms with Gasteiger partial charge in [-0.2, -0.15) is 0 Å². The Kier molecular flexibility index (Phi) is 3.28. The zero-order valence-electron chi connectivity index (χ0n) is 6.38. The van der Waals surface area contributed by atoms with Crippen LogP contribution < -0.4 is 5.32 Å². The van der Waals surface area contributed by atoms with Crippen molar-refractivity contribution in [2.24, 2.45) is 0 Å². The Hall–Kier alpha value is -1.06. The molecule has 1 aromatic rings. The summed E-state index contributed by atoms with van der Waals surface area (Å²) in [7, 11) is 0. The van der Waals surface area contributed by atoms with E-state index in [0.717, 1.165) is 0 Å². The number of hydrogen-bond donors (Lipinski definition) is 1. The second kappa shape index (κ2) is 4.25. The maximum absolute atomic E-state index is 10.7. The van der Waals surface area contributed by atoms with E-state index in [2.05, 4.69) is 5.32 Å². The molecule has 0 spiro atoms. The molecule has 1 rings (SSSR count). The van der Waals surface area contributed by atoms with Crippen molar-refractivity contribution in [2.45, 2.75) is 0 Å². The largest absolute Gasteiger partial charge is 0.318 e. The molecule has 0 saturated heterocycles. The van der Waals surface area contributed by atoms with E-state index in [1.807, 2.05) is 0 Å². The van der Waals surface area contributed by atoms with Crippen LogP contribution in [0.4, 0.5) is 5.69 Å². The van der Waals surface area contributed by atoms with Crippen LogP contribution in [0, 0.1) is 0 Å². The maximum atomic E-state index is 10.7. The number of anilines is 1. The first kappa shape index (κ1) is 10.0. The third-order valence-corrected chi connectivity index (χ3v) is 2.14. The first-order valence-electron chi connectivity index (χ1n) is 3.35. The highest BCUT2D eigenvalue weighted by Gasteiger charge is 2.06. The minimum atomic E-state index is -0.760. The van der Waals surface area contributed by atoms with E-state index in [4.69, 9.17) is 23.2 Å². The lowest BCUT2D eigenvalue weighted by Gasteiger charge is -2.04. The maximum Gasteiger partial charge on any atom is 0.288 e. The van der Waals surface area contributed by atoms with Gasteiger partial charge in [0.1, 0.15) is 0 Å². The molecule has 0 fully saturated rings. The summed E-state index contributed by atoms with van der Waals surface area (Å²) in [6.07, 6.45) is 0.164. The minimum Gasteiger partial charge on any atom is -0.318 e. The predicted octanol–water partition coefficient (Wildman–Crippen LogP) is 2.13. The van der Waals surface area contributed by atoms with Crippen molar-refractivity contribution in [1.82, 2.24) is 0 Å². The van der Waals surface area contributed by atoms with Gasteiger partial charge in [-0.1, -0.05) is 29.3 Å². The average molecular weight is 218 g/mol. The average Bonchev–Trinajstić information content (AvgIpc) is 2.13. The van der Waals surface area contributed by atoms with Gasteiger partial charge in [0.25, 0.3) is 5.91 Å². The molecule has 0 unspecified atom stereocenters. The van der Waals surface area contributed by atoms with Crippen molar-refractivity contribution in [3.05, 3.63) is 28.2 Å². The SMILES string of the molecule is O=CC(=O)Nc1cccc(Cl)c1Cl. The Balaban J connectivity index is 2.95. The molecule has 0 radical (unpaired) electrons. The molecule has 0 heterocycles. The van der Waals surface area contributed by atoms with Gasteiger partial charge in [-0.25, -0.2) is 0 Å². The third-order valence-electron chi connectivity index (χ3n) is 1.32.